The Labute approximate surface area is 151 Å². The van der Waals surface area contributed by atoms with Gasteiger partial charge in [0.15, 0.2) is 5.69 Å². The van der Waals surface area contributed by atoms with Gasteiger partial charge in [-0.05, 0) is 74.7 Å². The predicted molar refractivity (Wildman–Crippen MR) is 99.3 cm³/mol. The van der Waals surface area contributed by atoms with Crippen molar-refractivity contribution in [3.63, 3.8) is 0 Å². The van der Waals surface area contributed by atoms with Crippen LogP contribution in [0.5, 0.6) is 5.88 Å². The van der Waals surface area contributed by atoms with Crippen molar-refractivity contribution in [3.8, 4) is 5.88 Å². The molecule has 3 rings (SSSR count). The van der Waals surface area contributed by atoms with Crippen LogP contribution in [0.4, 0.5) is 10.1 Å². The smallest absolute Gasteiger partial charge is 0.279 e. The Morgan fingerprint density at radius 1 is 1.04 bits per heavy atom. The van der Waals surface area contributed by atoms with Gasteiger partial charge >= 0.3 is 0 Å². The number of benzene rings is 2. The molecule has 0 aliphatic heterocycles. The number of aryl methyl sites for hydroxylation is 3. The Balaban J connectivity index is 2.04. The highest BCUT2D eigenvalue weighted by atomic mass is 19.1. The Kier molecular flexibility index (Phi) is 4.84. The maximum Gasteiger partial charge on any atom is 0.279 e. The molecule has 5 nitrogen and oxygen atoms in total. The first-order valence-corrected chi connectivity index (χ1v) is 8.38. The molecule has 2 aromatic carbocycles. The van der Waals surface area contributed by atoms with Crippen molar-refractivity contribution in [2.75, 3.05) is 11.9 Å². The second kappa shape index (κ2) is 7.07. The van der Waals surface area contributed by atoms with E-state index in [9.17, 15) is 9.18 Å². The van der Waals surface area contributed by atoms with Gasteiger partial charge in [-0.1, -0.05) is 0 Å². The average molecular weight is 353 g/mol. The number of carbonyl (C=O) groups is 1. The van der Waals surface area contributed by atoms with Crippen LogP contribution in [-0.2, 0) is 0 Å². The van der Waals surface area contributed by atoms with E-state index in [1.165, 1.54) is 18.2 Å². The van der Waals surface area contributed by atoms with Crippen LogP contribution in [0.25, 0.3) is 11.0 Å². The molecule has 0 atom stereocenters. The van der Waals surface area contributed by atoms with Crippen LogP contribution in [0.3, 0.4) is 0 Å². The zero-order valence-corrected chi connectivity index (χ0v) is 15.2. The minimum absolute atomic E-state index is 0.103. The lowest BCUT2D eigenvalue weighted by Crippen LogP contribution is -2.17. The van der Waals surface area contributed by atoms with Crippen molar-refractivity contribution in [3.05, 3.63) is 58.5 Å². The highest BCUT2D eigenvalue weighted by molar-refractivity contribution is 6.05. The Morgan fingerprint density at radius 3 is 2.31 bits per heavy atom. The van der Waals surface area contributed by atoms with Gasteiger partial charge in [-0.15, -0.1) is 0 Å². The maximum atomic E-state index is 13.3. The van der Waals surface area contributed by atoms with Gasteiger partial charge in [-0.25, -0.2) is 14.4 Å². The number of amides is 1. The molecular formula is C20H20FN3O2. The van der Waals surface area contributed by atoms with E-state index in [4.69, 9.17) is 4.74 Å². The van der Waals surface area contributed by atoms with E-state index >= 15 is 0 Å². The molecule has 0 spiro atoms. The Bertz CT molecular complexity index is 1000. The monoisotopic (exact) mass is 353 g/mol. The van der Waals surface area contributed by atoms with E-state index in [0.29, 0.717) is 28.9 Å². The van der Waals surface area contributed by atoms with Crippen LogP contribution in [0.15, 0.2) is 30.3 Å². The standard InChI is InChI=1S/C20H20FN3O2/c1-5-26-20-18(19(25)23-15-7-6-14(21)8-13(15)4)22-16-9-11(2)12(3)10-17(16)24-20/h6-10H,5H2,1-4H3,(H,23,25). The third kappa shape index (κ3) is 3.49. The zero-order valence-electron chi connectivity index (χ0n) is 15.2. The lowest BCUT2D eigenvalue weighted by Gasteiger charge is -2.12. The largest absolute Gasteiger partial charge is 0.476 e. The SMILES string of the molecule is CCOc1nc2cc(C)c(C)cc2nc1C(=O)Nc1ccc(F)cc1C. The maximum absolute atomic E-state index is 13.3. The molecule has 1 amide bonds. The van der Waals surface area contributed by atoms with E-state index in [1.807, 2.05) is 32.9 Å². The van der Waals surface area contributed by atoms with E-state index in [0.717, 1.165) is 11.1 Å². The Morgan fingerprint density at radius 2 is 1.69 bits per heavy atom. The summed E-state index contributed by atoms with van der Waals surface area (Å²) in [5.41, 5.74) is 4.69. The summed E-state index contributed by atoms with van der Waals surface area (Å²) < 4.78 is 18.8. The van der Waals surface area contributed by atoms with Gasteiger partial charge in [0.05, 0.1) is 17.6 Å². The first-order chi connectivity index (χ1) is 12.4. The fraction of sp³-hybridized carbons (Fsp3) is 0.250. The molecule has 0 radical (unpaired) electrons. The zero-order chi connectivity index (χ0) is 18.8. The molecule has 0 saturated heterocycles. The minimum atomic E-state index is -0.448. The molecule has 0 saturated carbocycles. The number of aromatic nitrogens is 2. The molecular weight excluding hydrogens is 333 g/mol. The summed E-state index contributed by atoms with van der Waals surface area (Å²) >= 11 is 0. The molecule has 0 bridgehead atoms. The fourth-order valence-corrected chi connectivity index (χ4v) is 2.63. The van der Waals surface area contributed by atoms with Crippen LogP contribution in [0, 0.1) is 26.6 Å². The third-order valence-corrected chi connectivity index (χ3v) is 4.18. The fourth-order valence-electron chi connectivity index (χ4n) is 2.63. The molecule has 3 aromatic rings. The van der Waals surface area contributed by atoms with Crippen LogP contribution in [-0.4, -0.2) is 22.5 Å². The van der Waals surface area contributed by atoms with Crippen LogP contribution >= 0.6 is 0 Å². The van der Waals surface area contributed by atoms with E-state index < -0.39 is 5.91 Å². The highest BCUT2D eigenvalue weighted by Crippen LogP contribution is 2.24. The van der Waals surface area contributed by atoms with Gasteiger partial charge in [0.1, 0.15) is 5.82 Å². The summed E-state index contributed by atoms with van der Waals surface area (Å²) in [4.78, 5) is 21.7. The minimum Gasteiger partial charge on any atom is -0.476 e. The van der Waals surface area contributed by atoms with Crippen molar-refractivity contribution >= 4 is 22.6 Å². The molecule has 1 aromatic heterocycles. The normalized spacial score (nSPS) is 10.8. The number of halogens is 1. The summed E-state index contributed by atoms with van der Waals surface area (Å²) in [7, 11) is 0. The number of fused-ring (bicyclic) bond motifs is 1. The molecule has 6 heteroatoms. The number of carbonyl (C=O) groups excluding carboxylic acids is 1. The van der Waals surface area contributed by atoms with Crippen molar-refractivity contribution in [2.45, 2.75) is 27.7 Å². The molecule has 26 heavy (non-hydrogen) atoms. The van der Waals surface area contributed by atoms with Crippen molar-refractivity contribution < 1.29 is 13.9 Å². The van der Waals surface area contributed by atoms with E-state index in [2.05, 4.69) is 15.3 Å². The molecule has 0 fully saturated rings. The number of hydrogen-bond donors (Lipinski definition) is 1. The number of ether oxygens (including phenoxy) is 1. The van der Waals surface area contributed by atoms with Gasteiger partial charge in [0.2, 0.25) is 5.88 Å². The van der Waals surface area contributed by atoms with Gasteiger partial charge in [0.25, 0.3) is 5.91 Å². The second-order valence-electron chi connectivity index (χ2n) is 6.15. The van der Waals surface area contributed by atoms with Gasteiger partial charge in [-0.3, -0.25) is 4.79 Å². The summed E-state index contributed by atoms with van der Waals surface area (Å²) in [6.45, 7) is 7.88. The lowest BCUT2D eigenvalue weighted by atomic mass is 10.1. The van der Waals surface area contributed by atoms with Gasteiger partial charge < -0.3 is 10.1 Å². The first kappa shape index (κ1) is 17.8. The Hall–Kier alpha value is -3.02. The average Bonchev–Trinajstić information content (AvgIpc) is 2.58. The summed E-state index contributed by atoms with van der Waals surface area (Å²) in [6, 6.07) is 7.99. The summed E-state index contributed by atoms with van der Waals surface area (Å²) in [5.74, 6) is -0.622. The third-order valence-electron chi connectivity index (χ3n) is 4.18. The first-order valence-electron chi connectivity index (χ1n) is 8.38. The molecule has 134 valence electrons. The molecule has 0 unspecified atom stereocenters. The topological polar surface area (TPSA) is 64.1 Å². The number of anilines is 1. The van der Waals surface area contributed by atoms with Gasteiger partial charge in [-0.2, -0.15) is 0 Å². The van der Waals surface area contributed by atoms with Crippen LogP contribution in [0.2, 0.25) is 0 Å². The highest BCUT2D eigenvalue weighted by Gasteiger charge is 2.19. The number of rotatable bonds is 4. The second-order valence-corrected chi connectivity index (χ2v) is 6.15. The van der Waals surface area contributed by atoms with Crippen molar-refractivity contribution in [1.82, 2.24) is 9.97 Å². The number of hydrogen-bond acceptors (Lipinski definition) is 4. The molecule has 1 N–H and O–H groups in total. The van der Waals surface area contributed by atoms with Gasteiger partial charge in [0, 0.05) is 5.69 Å². The molecule has 0 aliphatic rings. The van der Waals surface area contributed by atoms with Crippen LogP contribution < -0.4 is 10.1 Å². The number of nitrogens with zero attached hydrogens (tertiary/aromatic N) is 2. The van der Waals surface area contributed by atoms with E-state index in [1.54, 1.807) is 6.92 Å². The number of nitrogens with one attached hydrogen (secondary N) is 1. The quantitative estimate of drug-likeness (QED) is 0.757. The summed E-state index contributed by atoms with van der Waals surface area (Å²) in [6.07, 6.45) is 0. The molecule has 1 heterocycles. The predicted octanol–water partition coefficient (Wildman–Crippen LogP) is 4.35. The van der Waals surface area contributed by atoms with Crippen molar-refractivity contribution in [1.29, 1.82) is 0 Å². The van der Waals surface area contributed by atoms with Crippen molar-refractivity contribution in [2.24, 2.45) is 0 Å². The molecule has 0 aliphatic carbocycles. The lowest BCUT2D eigenvalue weighted by molar-refractivity contribution is 0.101. The summed E-state index contributed by atoms with van der Waals surface area (Å²) in [5, 5.41) is 2.76. The van der Waals surface area contributed by atoms with E-state index in [-0.39, 0.29) is 17.4 Å². The van der Waals surface area contributed by atoms with Crippen LogP contribution in [0.1, 0.15) is 34.1 Å².